The zero-order valence-electron chi connectivity index (χ0n) is 45.2. The lowest BCUT2D eigenvalue weighted by Gasteiger charge is -2.13. The summed E-state index contributed by atoms with van der Waals surface area (Å²) in [6.07, 6.45) is -1.54. The van der Waals surface area contributed by atoms with E-state index in [0.29, 0.717) is 13.2 Å². The summed E-state index contributed by atoms with van der Waals surface area (Å²) in [6.45, 7) is 25.0. The SMILES string of the molecule is CC(C)C(=O)OCCOC(=O)C(C)CC(=O)O.CC(C)C(=O)OCCOC(=O)CC(C)C(=O)O.CC(CO)OCCOC(=O)C(C)C.CC(O)COCCOC(=O)C(C)C.COC(CO)COC(=O)C(C)C. The van der Waals surface area contributed by atoms with Crippen LogP contribution in [0.4, 0.5) is 0 Å². The highest BCUT2D eigenvalue weighted by atomic mass is 16.6. The van der Waals surface area contributed by atoms with Crippen LogP contribution in [0.3, 0.4) is 0 Å². The predicted octanol–water partition coefficient (Wildman–Crippen LogP) is 3.04. The predicted molar refractivity (Wildman–Crippen MR) is 257 cm³/mol. The molecule has 424 valence electrons. The molecule has 0 aromatic rings. The van der Waals surface area contributed by atoms with Gasteiger partial charge in [-0.25, -0.2) is 0 Å². The minimum absolute atomic E-state index is 0.00972. The van der Waals surface area contributed by atoms with Crippen molar-refractivity contribution in [3.63, 3.8) is 0 Å². The van der Waals surface area contributed by atoms with Gasteiger partial charge in [0.05, 0.1) is 99.5 Å². The summed E-state index contributed by atoms with van der Waals surface area (Å²) in [6, 6.07) is 0. The zero-order chi connectivity index (χ0) is 56.9. The Labute approximate surface area is 424 Å². The molecule has 0 heterocycles. The largest absolute Gasteiger partial charge is 0.481 e. The molecule has 0 fully saturated rings. The van der Waals surface area contributed by atoms with Crippen molar-refractivity contribution >= 4 is 53.7 Å². The average molecular weight is 1050 g/mol. The fourth-order valence-electron chi connectivity index (χ4n) is 3.57. The molecule has 24 nitrogen and oxygen atoms in total. The molecule has 0 aromatic heterocycles. The summed E-state index contributed by atoms with van der Waals surface area (Å²) < 4.78 is 48.4. The van der Waals surface area contributed by atoms with Crippen LogP contribution in [-0.4, -0.2) is 184 Å². The number of rotatable bonds is 31. The Kier molecular flexibility index (Phi) is 50.9. The number of carbonyl (C=O) groups is 9. The van der Waals surface area contributed by atoms with Crippen LogP contribution in [-0.2, 0) is 90.5 Å². The van der Waals surface area contributed by atoms with Gasteiger partial charge in [-0.05, 0) is 13.8 Å². The number of hydrogen-bond donors (Lipinski definition) is 5. The van der Waals surface area contributed by atoms with Crippen molar-refractivity contribution in [2.45, 2.75) is 128 Å². The molecular formula is C48H88O24. The maximum absolute atomic E-state index is 11.2. The van der Waals surface area contributed by atoms with Crippen LogP contribution in [0, 0.1) is 41.4 Å². The highest BCUT2D eigenvalue weighted by Crippen LogP contribution is 2.06. The maximum atomic E-state index is 11.2. The number of ether oxygens (including phenoxy) is 10. The molecule has 0 amide bonds. The fourth-order valence-corrected chi connectivity index (χ4v) is 3.57. The van der Waals surface area contributed by atoms with Crippen molar-refractivity contribution < 1.29 is 116 Å². The van der Waals surface area contributed by atoms with Crippen LogP contribution in [0.15, 0.2) is 0 Å². The Balaban J connectivity index is -0.000000262. The molecule has 0 spiro atoms. The van der Waals surface area contributed by atoms with E-state index in [4.69, 9.17) is 72.9 Å². The number of methoxy groups -OCH3 is 1. The molecule has 0 saturated carbocycles. The molecule has 0 radical (unpaired) electrons. The molecule has 0 saturated heterocycles. The Morgan fingerprint density at radius 3 is 1.11 bits per heavy atom. The van der Waals surface area contributed by atoms with E-state index in [1.807, 2.05) is 0 Å². The highest BCUT2D eigenvalue weighted by Gasteiger charge is 2.19. The van der Waals surface area contributed by atoms with Gasteiger partial charge in [0, 0.05) is 7.11 Å². The Morgan fingerprint density at radius 2 is 0.778 bits per heavy atom. The first-order valence-electron chi connectivity index (χ1n) is 23.6. The van der Waals surface area contributed by atoms with Crippen LogP contribution in [0.5, 0.6) is 0 Å². The van der Waals surface area contributed by atoms with Crippen molar-refractivity contribution in [3.8, 4) is 0 Å². The quantitative estimate of drug-likeness (QED) is 0.0378. The van der Waals surface area contributed by atoms with Gasteiger partial charge >= 0.3 is 53.7 Å². The van der Waals surface area contributed by atoms with E-state index in [1.165, 1.54) is 21.0 Å². The molecule has 24 heteroatoms. The molecule has 0 aliphatic rings. The summed E-state index contributed by atoms with van der Waals surface area (Å²) in [5.74, 6) is -7.02. The van der Waals surface area contributed by atoms with E-state index < -0.39 is 47.9 Å². The van der Waals surface area contributed by atoms with Gasteiger partial charge in [0.2, 0.25) is 0 Å². The van der Waals surface area contributed by atoms with Gasteiger partial charge in [0.1, 0.15) is 52.4 Å². The first kappa shape index (κ1) is 75.9. The molecule has 0 aromatic carbocycles. The Morgan fingerprint density at radius 1 is 0.417 bits per heavy atom. The second-order valence-corrected chi connectivity index (χ2v) is 17.2. The monoisotopic (exact) mass is 1050 g/mol. The summed E-state index contributed by atoms with van der Waals surface area (Å²) in [4.78, 5) is 97.9. The number of carboxylic acids is 2. The van der Waals surface area contributed by atoms with E-state index in [9.17, 15) is 43.2 Å². The van der Waals surface area contributed by atoms with Gasteiger partial charge in [-0.3, -0.25) is 43.2 Å². The van der Waals surface area contributed by atoms with E-state index in [2.05, 4.69) is 0 Å². The van der Waals surface area contributed by atoms with Crippen molar-refractivity contribution in [1.29, 1.82) is 0 Å². The van der Waals surface area contributed by atoms with E-state index >= 15 is 0 Å². The van der Waals surface area contributed by atoms with Crippen molar-refractivity contribution in [2.75, 3.05) is 86.4 Å². The smallest absolute Gasteiger partial charge is 0.309 e. The lowest BCUT2D eigenvalue weighted by molar-refractivity contribution is -0.157. The molecule has 5 N–H and O–H groups in total. The van der Waals surface area contributed by atoms with E-state index in [1.54, 1.807) is 83.1 Å². The molecular weight excluding hydrogens is 961 g/mol. The number of carbonyl (C=O) groups excluding carboxylic acids is 7. The summed E-state index contributed by atoms with van der Waals surface area (Å²) in [7, 11) is 1.46. The van der Waals surface area contributed by atoms with E-state index in [-0.39, 0.29) is 144 Å². The van der Waals surface area contributed by atoms with Crippen LogP contribution < -0.4 is 0 Å². The molecule has 0 bridgehead atoms. The Hall–Kier alpha value is -5.01. The minimum Gasteiger partial charge on any atom is -0.481 e. The van der Waals surface area contributed by atoms with Crippen molar-refractivity contribution in [2.24, 2.45) is 41.4 Å². The molecule has 0 aliphatic carbocycles. The first-order valence-corrected chi connectivity index (χ1v) is 23.6. The molecule has 0 aliphatic heterocycles. The number of carboxylic acid groups (broad SMARTS) is 2. The van der Waals surface area contributed by atoms with Gasteiger partial charge < -0.3 is 72.9 Å². The first-order chi connectivity index (χ1) is 33.4. The van der Waals surface area contributed by atoms with Crippen LogP contribution in [0.25, 0.3) is 0 Å². The highest BCUT2D eigenvalue weighted by molar-refractivity contribution is 5.79. The maximum Gasteiger partial charge on any atom is 0.309 e. The van der Waals surface area contributed by atoms with Crippen molar-refractivity contribution in [3.05, 3.63) is 0 Å². The van der Waals surface area contributed by atoms with Crippen LogP contribution in [0.2, 0.25) is 0 Å². The molecule has 5 atom stereocenters. The third kappa shape index (κ3) is 52.8. The lowest BCUT2D eigenvalue weighted by atomic mass is 10.1. The normalized spacial score (nSPS) is 12.5. The number of aliphatic hydroxyl groups is 3. The summed E-state index contributed by atoms with van der Waals surface area (Å²) in [5.41, 5.74) is 0. The number of aliphatic hydroxyl groups excluding tert-OH is 3. The summed E-state index contributed by atoms with van der Waals surface area (Å²) in [5, 5.41) is 43.1. The molecule has 72 heavy (non-hydrogen) atoms. The standard InChI is InChI=1S/2C11H18O6.2C9H18O4.C8H16O4/c1-7(2)11(15)17-5-4-16-9(12)6-8(3)10(13)14;1-7(2)10(14)16-4-5-17-11(15)8(3)6-9(12)13;1-7(2)9(11)13-5-4-12-6-8(3)10;1-7(2)9(11)13-5-4-12-8(3)6-10;1-6(2)8(10)12-5-7(4-9)11-3/h7-8H,4-6H2,1-3H3,(H,13,14);7-8H,4-6H2,1-3H3,(H,12,13);2*7-8,10H,4-6H2,1-3H3;6-7,9H,4-5H2,1-3H3. The zero-order valence-corrected chi connectivity index (χ0v) is 45.2. The topological polar surface area (TPSA) is 347 Å². The third-order valence-electron chi connectivity index (χ3n) is 8.06. The average Bonchev–Trinajstić information content (AvgIpc) is 3.30. The van der Waals surface area contributed by atoms with Gasteiger partial charge in [-0.2, -0.15) is 0 Å². The fraction of sp³-hybridized carbons (Fsp3) is 0.812. The van der Waals surface area contributed by atoms with Gasteiger partial charge in [0.15, 0.2) is 0 Å². The second kappa shape index (κ2) is 48.3. The van der Waals surface area contributed by atoms with Crippen molar-refractivity contribution in [1.82, 2.24) is 0 Å². The lowest BCUT2D eigenvalue weighted by Crippen LogP contribution is -2.25. The Bertz CT molecular complexity index is 1470. The van der Waals surface area contributed by atoms with Gasteiger partial charge in [0.25, 0.3) is 0 Å². The third-order valence-corrected chi connectivity index (χ3v) is 8.06. The van der Waals surface area contributed by atoms with Gasteiger partial charge in [-0.1, -0.05) is 83.1 Å². The molecule has 0 rings (SSSR count). The number of hydrogen-bond acceptors (Lipinski definition) is 22. The minimum atomic E-state index is -1.05. The van der Waals surface area contributed by atoms with E-state index in [0.717, 1.165) is 0 Å². The van der Waals surface area contributed by atoms with Crippen LogP contribution in [0.1, 0.15) is 110 Å². The van der Waals surface area contributed by atoms with Crippen LogP contribution >= 0.6 is 0 Å². The number of aliphatic carboxylic acids is 2. The summed E-state index contributed by atoms with van der Waals surface area (Å²) >= 11 is 0. The van der Waals surface area contributed by atoms with Gasteiger partial charge in [-0.15, -0.1) is 0 Å². The number of esters is 7. The molecule has 5 unspecified atom stereocenters. The second-order valence-electron chi connectivity index (χ2n) is 17.2.